The maximum Gasteiger partial charge on any atom is 0.272 e. The first kappa shape index (κ1) is 19.2. The number of carbonyl (C=O) groups is 1. The molecule has 0 bridgehead atoms. The molecule has 1 atom stereocenters. The van der Waals surface area contributed by atoms with Crippen LogP contribution in [0.15, 0.2) is 48.7 Å². The zero-order valence-electron chi connectivity index (χ0n) is 17.7. The number of para-hydroxylation sites is 1. The highest BCUT2D eigenvalue weighted by molar-refractivity contribution is 5.93. The number of carbonyl (C=O) groups excluding carboxylic acids is 1. The van der Waals surface area contributed by atoms with E-state index in [1.807, 2.05) is 51.1 Å². The molecule has 7 heteroatoms. The molecule has 5 rings (SSSR count). The summed E-state index contributed by atoms with van der Waals surface area (Å²) in [5, 5.41) is 7.35. The van der Waals surface area contributed by atoms with Crippen molar-refractivity contribution in [1.82, 2.24) is 24.9 Å². The van der Waals surface area contributed by atoms with Gasteiger partial charge in [0.2, 0.25) is 0 Å². The third kappa shape index (κ3) is 3.52. The Balaban J connectivity index is 1.31. The lowest BCUT2D eigenvalue weighted by molar-refractivity contribution is 0.0928. The van der Waals surface area contributed by atoms with Crippen molar-refractivity contribution in [2.24, 2.45) is 0 Å². The monoisotopic (exact) mass is 413 g/mol. The lowest BCUT2D eigenvalue weighted by atomic mass is 10.0. The van der Waals surface area contributed by atoms with Crippen LogP contribution < -0.4 is 10.1 Å². The Bertz CT molecular complexity index is 1310. The van der Waals surface area contributed by atoms with Crippen molar-refractivity contribution in [2.45, 2.75) is 33.3 Å². The Morgan fingerprint density at radius 2 is 2.06 bits per heavy atom. The highest BCUT2D eigenvalue weighted by atomic mass is 16.5. The lowest BCUT2D eigenvalue weighted by Gasteiger charge is -2.13. The fourth-order valence-electron chi connectivity index (χ4n) is 4.10. The second kappa shape index (κ2) is 7.50. The van der Waals surface area contributed by atoms with E-state index >= 15 is 0 Å². The first-order chi connectivity index (χ1) is 15.0. The molecule has 1 aliphatic heterocycles. The van der Waals surface area contributed by atoms with E-state index in [0.717, 1.165) is 45.9 Å². The number of rotatable bonds is 4. The smallest absolute Gasteiger partial charge is 0.272 e. The van der Waals surface area contributed by atoms with Gasteiger partial charge in [-0.15, -0.1) is 0 Å². The average Bonchev–Trinajstić information content (AvgIpc) is 3.36. The Morgan fingerprint density at radius 3 is 2.90 bits per heavy atom. The molecule has 31 heavy (non-hydrogen) atoms. The van der Waals surface area contributed by atoms with Crippen LogP contribution >= 0.6 is 0 Å². The lowest BCUT2D eigenvalue weighted by Crippen LogP contribution is -2.34. The van der Waals surface area contributed by atoms with Crippen molar-refractivity contribution in [3.63, 3.8) is 0 Å². The Morgan fingerprint density at radius 1 is 1.19 bits per heavy atom. The van der Waals surface area contributed by atoms with E-state index in [-0.39, 0.29) is 12.0 Å². The molecule has 0 saturated carbocycles. The molecule has 0 radical (unpaired) electrons. The zero-order valence-corrected chi connectivity index (χ0v) is 17.7. The van der Waals surface area contributed by atoms with Gasteiger partial charge in [0.25, 0.3) is 5.91 Å². The van der Waals surface area contributed by atoms with Crippen LogP contribution in [0.5, 0.6) is 5.75 Å². The van der Waals surface area contributed by atoms with Gasteiger partial charge in [-0.2, -0.15) is 5.10 Å². The van der Waals surface area contributed by atoms with Crippen LogP contribution in [0.4, 0.5) is 0 Å². The predicted octanol–water partition coefficient (Wildman–Crippen LogP) is 3.45. The van der Waals surface area contributed by atoms with Crippen molar-refractivity contribution in [1.29, 1.82) is 0 Å². The summed E-state index contributed by atoms with van der Waals surface area (Å²) < 4.78 is 7.92. The number of ether oxygens (including phenoxy) is 1. The van der Waals surface area contributed by atoms with Crippen LogP contribution in [0.3, 0.4) is 0 Å². The molecule has 4 aromatic rings. The van der Waals surface area contributed by atoms with Gasteiger partial charge < -0.3 is 10.1 Å². The number of pyridine rings is 1. The van der Waals surface area contributed by atoms with Gasteiger partial charge in [-0.1, -0.05) is 18.2 Å². The number of fused-ring (bicyclic) bond motifs is 2. The van der Waals surface area contributed by atoms with Crippen LogP contribution in [0.2, 0.25) is 0 Å². The van der Waals surface area contributed by atoms with Crippen LogP contribution in [-0.4, -0.2) is 38.1 Å². The number of hydrogen-bond acceptors (Lipinski definition) is 5. The molecule has 0 spiro atoms. The molecule has 1 amide bonds. The number of nitrogens with one attached hydrogen (secondary N) is 1. The molecule has 3 aromatic heterocycles. The third-order valence-corrected chi connectivity index (χ3v) is 5.55. The molecule has 1 aliphatic rings. The van der Waals surface area contributed by atoms with Gasteiger partial charge in [0.15, 0.2) is 11.3 Å². The van der Waals surface area contributed by atoms with E-state index in [1.165, 1.54) is 0 Å². The molecule has 0 aliphatic carbocycles. The van der Waals surface area contributed by atoms with Crippen molar-refractivity contribution in [2.75, 3.05) is 6.54 Å². The summed E-state index contributed by atoms with van der Waals surface area (Å²) in [6.07, 6.45) is 2.39. The molecule has 7 nitrogen and oxygen atoms in total. The quantitative estimate of drug-likeness (QED) is 0.554. The standard InChI is InChI=1S/C24H23N5O2/c1-14-6-5-9-25-22(14)19-8-4-7-17-11-18(31-23(17)19)13-26-24(30)20-12-21-27-15(2)10-16(3)29(21)28-20/h4-10,12,18H,11,13H2,1-3H3,(H,26,30)/t18-/m0/s1. The fraction of sp³-hybridized carbons (Fsp3) is 0.250. The van der Waals surface area contributed by atoms with Gasteiger partial charge in [0.1, 0.15) is 11.9 Å². The highest BCUT2D eigenvalue weighted by Gasteiger charge is 2.27. The molecule has 0 fully saturated rings. The topological polar surface area (TPSA) is 81.4 Å². The van der Waals surface area contributed by atoms with Crippen LogP contribution in [-0.2, 0) is 6.42 Å². The average molecular weight is 413 g/mol. The second-order valence-electron chi connectivity index (χ2n) is 7.96. The van der Waals surface area contributed by atoms with Crippen molar-refractivity contribution in [3.05, 3.63) is 76.9 Å². The first-order valence-corrected chi connectivity index (χ1v) is 10.3. The SMILES string of the molecule is Cc1cc(C)n2nc(C(=O)NC[C@@H]3Cc4cccc(-c5ncccc5C)c4O3)cc2n1. The fourth-order valence-corrected chi connectivity index (χ4v) is 4.10. The largest absolute Gasteiger partial charge is 0.487 e. The highest BCUT2D eigenvalue weighted by Crippen LogP contribution is 2.38. The Labute approximate surface area is 180 Å². The predicted molar refractivity (Wildman–Crippen MR) is 117 cm³/mol. The number of benzene rings is 1. The molecule has 156 valence electrons. The van der Waals surface area contributed by atoms with Crippen molar-refractivity contribution < 1.29 is 9.53 Å². The van der Waals surface area contributed by atoms with E-state index in [0.29, 0.717) is 17.9 Å². The number of aromatic nitrogens is 4. The van der Waals surface area contributed by atoms with Crippen LogP contribution in [0.25, 0.3) is 16.9 Å². The second-order valence-corrected chi connectivity index (χ2v) is 7.96. The normalized spacial score (nSPS) is 15.0. The van der Waals surface area contributed by atoms with Crippen molar-refractivity contribution >= 4 is 11.6 Å². The van der Waals surface area contributed by atoms with E-state index in [4.69, 9.17) is 4.74 Å². The van der Waals surface area contributed by atoms with Crippen molar-refractivity contribution in [3.8, 4) is 17.0 Å². The summed E-state index contributed by atoms with van der Waals surface area (Å²) in [7, 11) is 0. The number of nitrogens with zero attached hydrogens (tertiary/aromatic N) is 4. The zero-order chi connectivity index (χ0) is 21.5. The maximum atomic E-state index is 12.7. The van der Waals surface area contributed by atoms with E-state index in [1.54, 1.807) is 16.8 Å². The molecule has 1 N–H and O–H groups in total. The molecular weight excluding hydrogens is 390 g/mol. The summed E-state index contributed by atoms with van der Waals surface area (Å²) >= 11 is 0. The van der Waals surface area contributed by atoms with Gasteiger partial charge in [0, 0.05) is 35.6 Å². The number of hydrogen-bond donors (Lipinski definition) is 1. The van der Waals surface area contributed by atoms with Crippen LogP contribution in [0, 0.1) is 20.8 Å². The molecule has 1 aromatic carbocycles. The van der Waals surface area contributed by atoms with Crippen LogP contribution in [0.1, 0.15) is 33.0 Å². The summed E-state index contributed by atoms with van der Waals surface area (Å²) in [6.45, 7) is 6.31. The molecular formula is C24H23N5O2. The minimum atomic E-state index is -0.233. The van der Waals surface area contributed by atoms with Gasteiger partial charge >= 0.3 is 0 Å². The van der Waals surface area contributed by atoms with E-state index in [9.17, 15) is 4.79 Å². The molecule has 4 heterocycles. The summed E-state index contributed by atoms with van der Waals surface area (Å²) in [5.41, 5.74) is 6.99. The minimum Gasteiger partial charge on any atom is -0.487 e. The molecule has 0 saturated heterocycles. The number of amides is 1. The summed E-state index contributed by atoms with van der Waals surface area (Å²) in [4.78, 5) is 21.7. The van der Waals surface area contributed by atoms with E-state index < -0.39 is 0 Å². The third-order valence-electron chi connectivity index (χ3n) is 5.55. The first-order valence-electron chi connectivity index (χ1n) is 10.3. The van der Waals surface area contributed by atoms with Gasteiger partial charge in [-0.25, -0.2) is 9.50 Å². The maximum absolute atomic E-state index is 12.7. The number of aryl methyl sites for hydroxylation is 3. The van der Waals surface area contributed by atoms with Gasteiger partial charge in [-0.3, -0.25) is 9.78 Å². The summed E-state index contributed by atoms with van der Waals surface area (Å²) in [6, 6.07) is 13.7. The minimum absolute atomic E-state index is 0.136. The van der Waals surface area contributed by atoms with Gasteiger partial charge in [-0.05, 0) is 50.1 Å². The molecule has 0 unspecified atom stereocenters. The Hall–Kier alpha value is -3.74. The van der Waals surface area contributed by atoms with E-state index in [2.05, 4.69) is 26.4 Å². The summed E-state index contributed by atoms with van der Waals surface area (Å²) in [5.74, 6) is 0.620. The Kier molecular flexibility index (Phi) is 4.66. The van der Waals surface area contributed by atoms with Gasteiger partial charge in [0.05, 0.1) is 12.2 Å².